The van der Waals surface area contributed by atoms with Crippen molar-refractivity contribution in [1.82, 2.24) is 0 Å². The molecule has 3 nitrogen and oxygen atoms in total. The summed E-state index contributed by atoms with van der Waals surface area (Å²) in [6.07, 6.45) is 0.269. The quantitative estimate of drug-likeness (QED) is 0.652. The molecule has 1 rings (SSSR count). The Morgan fingerprint density at radius 1 is 1.50 bits per heavy atom. The maximum Gasteiger partial charge on any atom is 0.333 e. The normalized spacial score (nSPS) is 30.6. The zero-order valence-corrected chi connectivity index (χ0v) is 7.83. The van der Waals surface area contributed by atoms with E-state index in [9.17, 15) is 4.79 Å². The minimum absolute atomic E-state index is 0.0273. The van der Waals surface area contributed by atoms with Crippen LogP contribution in [0.2, 0.25) is 0 Å². The molecule has 1 fully saturated rings. The van der Waals surface area contributed by atoms with Gasteiger partial charge in [0.15, 0.2) is 6.10 Å². The average Bonchev–Trinajstić information content (AvgIpc) is 2.30. The third-order valence-corrected chi connectivity index (χ3v) is 2.45. The Morgan fingerprint density at radius 3 is 2.42 bits per heavy atom. The Bertz CT molecular complexity index is 181. The molecule has 3 heteroatoms. The summed E-state index contributed by atoms with van der Waals surface area (Å²) >= 11 is 0. The molecule has 0 spiro atoms. The number of aliphatic carboxylic acids is 1. The van der Waals surface area contributed by atoms with Crippen molar-refractivity contribution < 1.29 is 14.6 Å². The number of rotatable bonds is 1. The molecule has 1 aliphatic heterocycles. The van der Waals surface area contributed by atoms with Gasteiger partial charge in [-0.3, -0.25) is 0 Å². The first kappa shape index (κ1) is 9.52. The van der Waals surface area contributed by atoms with E-state index in [2.05, 4.69) is 20.8 Å². The van der Waals surface area contributed by atoms with Crippen molar-refractivity contribution in [2.75, 3.05) is 6.61 Å². The van der Waals surface area contributed by atoms with E-state index < -0.39 is 12.1 Å². The van der Waals surface area contributed by atoms with Gasteiger partial charge in [0.05, 0.1) is 0 Å². The second kappa shape index (κ2) is 3.05. The van der Waals surface area contributed by atoms with Gasteiger partial charge < -0.3 is 9.84 Å². The number of carboxylic acid groups (broad SMARTS) is 1. The van der Waals surface area contributed by atoms with Crippen LogP contribution < -0.4 is 0 Å². The minimum Gasteiger partial charge on any atom is -0.479 e. The van der Waals surface area contributed by atoms with Gasteiger partial charge in [-0.15, -0.1) is 0 Å². The summed E-state index contributed by atoms with van der Waals surface area (Å²) in [7, 11) is 0. The smallest absolute Gasteiger partial charge is 0.333 e. The van der Waals surface area contributed by atoms with Crippen molar-refractivity contribution in [3.8, 4) is 0 Å². The summed E-state index contributed by atoms with van der Waals surface area (Å²) in [6.45, 7) is 6.76. The molecule has 0 aromatic carbocycles. The predicted molar refractivity (Wildman–Crippen MR) is 44.9 cm³/mol. The molecule has 1 saturated heterocycles. The molecule has 70 valence electrons. The van der Waals surface area contributed by atoms with Crippen molar-refractivity contribution in [2.45, 2.75) is 33.3 Å². The van der Waals surface area contributed by atoms with Crippen molar-refractivity contribution in [3.63, 3.8) is 0 Å². The van der Waals surface area contributed by atoms with Crippen LogP contribution >= 0.6 is 0 Å². The summed E-state index contributed by atoms with van der Waals surface area (Å²) < 4.78 is 5.15. The molecule has 1 aliphatic rings. The Hall–Kier alpha value is -0.570. The molecular weight excluding hydrogens is 156 g/mol. The Labute approximate surface area is 72.7 Å². The summed E-state index contributed by atoms with van der Waals surface area (Å²) in [5.41, 5.74) is 0.0273. The third-order valence-electron chi connectivity index (χ3n) is 2.45. The first-order chi connectivity index (χ1) is 5.43. The lowest BCUT2D eigenvalue weighted by atomic mass is 9.77. The molecule has 0 aromatic heterocycles. The summed E-state index contributed by atoms with van der Waals surface area (Å²) in [5, 5.41) is 8.82. The van der Waals surface area contributed by atoms with Crippen LogP contribution in [0.5, 0.6) is 0 Å². The second-order valence-corrected chi connectivity index (χ2v) is 4.39. The highest BCUT2D eigenvalue weighted by molar-refractivity contribution is 5.73. The Balaban J connectivity index is 2.71. The molecular formula is C9H16O3. The van der Waals surface area contributed by atoms with Gasteiger partial charge in [-0.1, -0.05) is 20.8 Å². The molecule has 0 radical (unpaired) electrons. The van der Waals surface area contributed by atoms with Crippen LogP contribution in [0.1, 0.15) is 27.2 Å². The fraction of sp³-hybridized carbons (Fsp3) is 0.889. The fourth-order valence-corrected chi connectivity index (χ4v) is 1.72. The molecule has 0 aliphatic carbocycles. The van der Waals surface area contributed by atoms with Gasteiger partial charge in [-0.2, -0.15) is 0 Å². The highest BCUT2D eigenvalue weighted by atomic mass is 16.5. The minimum atomic E-state index is -0.826. The number of carboxylic acids is 1. The Kier molecular flexibility index (Phi) is 2.42. The third kappa shape index (κ3) is 1.78. The van der Waals surface area contributed by atoms with Crippen LogP contribution in [0.3, 0.4) is 0 Å². The summed E-state index contributed by atoms with van der Waals surface area (Å²) in [6, 6.07) is 0. The van der Waals surface area contributed by atoms with Crippen molar-refractivity contribution >= 4 is 5.97 Å². The van der Waals surface area contributed by atoms with Crippen LogP contribution in [0.15, 0.2) is 0 Å². The lowest BCUT2D eigenvalue weighted by molar-refractivity contribution is -0.151. The van der Waals surface area contributed by atoms with Crippen molar-refractivity contribution in [1.29, 1.82) is 0 Å². The average molecular weight is 172 g/mol. The lowest BCUT2D eigenvalue weighted by Crippen LogP contribution is -2.34. The van der Waals surface area contributed by atoms with Gasteiger partial charge in [0.25, 0.3) is 0 Å². The van der Waals surface area contributed by atoms with Gasteiger partial charge in [-0.25, -0.2) is 4.79 Å². The monoisotopic (exact) mass is 172 g/mol. The van der Waals surface area contributed by atoms with Crippen LogP contribution in [0.4, 0.5) is 0 Å². The molecule has 0 amide bonds. The zero-order chi connectivity index (χ0) is 9.35. The number of hydrogen-bond acceptors (Lipinski definition) is 2. The summed E-state index contributed by atoms with van der Waals surface area (Å²) in [4.78, 5) is 10.7. The van der Waals surface area contributed by atoms with E-state index in [4.69, 9.17) is 9.84 Å². The van der Waals surface area contributed by atoms with E-state index in [0.717, 1.165) is 6.42 Å². The van der Waals surface area contributed by atoms with Crippen LogP contribution in [0.25, 0.3) is 0 Å². The molecule has 12 heavy (non-hydrogen) atoms. The maximum atomic E-state index is 10.7. The molecule has 1 heterocycles. The Morgan fingerprint density at radius 2 is 2.08 bits per heavy atom. The maximum absolute atomic E-state index is 10.7. The molecule has 2 atom stereocenters. The van der Waals surface area contributed by atoms with Crippen LogP contribution in [-0.4, -0.2) is 23.8 Å². The molecule has 0 bridgehead atoms. The highest BCUT2D eigenvalue weighted by Gasteiger charge is 2.40. The van der Waals surface area contributed by atoms with E-state index in [1.54, 1.807) is 0 Å². The fourth-order valence-electron chi connectivity index (χ4n) is 1.72. The van der Waals surface area contributed by atoms with Crippen LogP contribution in [0, 0.1) is 11.3 Å². The van der Waals surface area contributed by atoms with Gasteiger partial charge >= 0.3 is 5.97 Å². The lowest BCUT2D eigenvalue weighted by Gasteiger charge is -2.28. The van der Waals surface area contributed by atoms with Gasteiger partial charge in [0.2, 0.25) is 0 Å². The van der Waals surface area contributed by atoms with Gasteiger partial charge in [-0.05, 0) is 11.8 Å². The highest BCUT2D eigenvalue weighted by Crippen LogP contribution is 2.36. The standard InChI is InChI=1S/C9H16O3/c1-9(2,3)6-4-5-12-7(6)8(10)11/h6-7H,4-5H2,1-3H3,(H,10,11)/t6-,7+/m0/s1. The number of ether oxygens (including phenoxy) is 1. The topological polar surface area (TPSA) is 46.5 Å². The first-order valence-electron chi connectivity index (χ1n) is 4.27. The first-order valence-corrected chi connectivity index (χ1v) is 4.27. The van der Waals surface area contributed by atoms with Crippen molar-refractivity contribution in [2.24, 2.45) is 11.3 Å². The SMILES string of the molecule is CC(C)(C)[C@H]1CCO[C@H]1C(=O)O. The van der Waals surface area contributed by atoms with Crippen molar-refractivity contribution in [3.05, 3.63) is 0 Å². The van der Waals surface area contributed by atoms with E-state index in [1.165, 1.54) is 0 Å². The van der Waals surface area contributed by atoms with Gasteiger partial charge in [0.1, 0.15) is 0 Å². The largest absolute Gasteiger partial charge is 0.479 e. The number of carbonyl (C=O) groups is 1. The zero-order valence-electron chi connectivity index (χ0n) is 7.83. The molecule has 0 saturated carbocycles. The van der Waals surface area contributed by atoms with Gasteiger partial charge in [0, 0.05) is 12.5 Å². The van der Waals surface area contributed by atoms with E-state index in [0.29, 0.717) is 6.61 Å². The number of hydrogen-bond donors (Lipinski definition) is 1. The summed E-state index contributed by atoms with van der Waals surface area (Å²) in [5.74, 6) is -0.678. The molecule has 0 aromatic rings. The van der Waals surface area contributed by atoms with Crippen LogP contribution in [-0.2, 0) is 9.53 Å². The van der Waals surface area contributed by atoms with E-state index in [-0.39, 0.29) is 11.3 Å². The van der Waals surface area contributed by atoms with E-state index >= 15 is 0 Å². The molecule has 0 unspecified atom stereocenters. The van der Waals surface area contributed by atoms with E-state index in [1.807, 2.05) is 0 Å². The molecule has 1 N–H and O–H groups in total. The predicted octanol–water partition coefficient (Wildman–Crippen LogP) is 1.52. The second-order valence-electron chi connectivity index (χ2n) is 4.39.